The van der Waals surface area contributed by atoms with Gasteiger partial charge in [-0.05, 0) is 48.5 Å². The fourth-order valence-corrected chi connectivity index (χ4v) is 3.18. The Labute approximate surface area is 175 Å². The van der Waals surface area contributed by atoms with E-state index in [4.69, 9.17) is 22.1 Å². The Bertz CT molecular complexity index is 973. The second-order valence-corrected chi connectivity index (χ2v) is 7.38. The number of hydrogen-bond acceptors (Lipinski definition) is 8. The SMILES string of the molecule is Nc1nc(COC(=O)CCSc2ccc(Cl)cc2)nc(Nc2ccc(F)cc2)n1. The molecule has 3 rings (SSSR count). The van der Waals surface area contributed by atoms with Gasteiger partial charge >= 0.3 is 5.97 Å². The Morgan fingerprint density at radius 3 is 2.55 bits per heavy atom. The van der Waals surface area contributed by atoms with Gasteiger partial charge in [-0.2, -0.15) is 15.0 Å². The molecule has 0 atom stereocenters. The van der Waals surface area contributed by atoms with E-state index in [0.29, 0.717) is 16.5 Å². The van der Waals surface area contributed by atoms with Crippen LogP contribution in [0.3, 0.4) is 0 Å². The van der Waals surface area contributed by atoms with Crippen molar-refractivity contribution in [2.24, 2.45) is 0 Å². The van der Waals surface area contributed by atoms with Gasteiger partial charge in [0.2, 0.25) is 11.9 Å². The number of anilines is 3. The van der Waals surface area contributed by atoms with Crippen LogP contribution in [0.1, 0.15) is 12.2 Å². The van der Waals surface area contributed by atoms with E-state index in [-0.39, 0.29) is 42.5 Å². The van der Waals surface area contributed by atoms with Crippen LogP contribution in [0.4, 0.5) is 22.0 Å². The molecule has 1 aromatic heterocycles. The maximum absolute atomic E-state index is 13.0. The molecule has 3 N–H and O–H groups in total. The maximum Gasteiger partial charge on any atom is 0.307 e. The minimum Gasteiger partial charge on any atom is -0.457 e. The Morgan fingerprint density at radius 2 is 1.83 bits per heavy atom. The number of aromatic nitrogens is 3. The first-order valence-electron chi connectivity index (χ1n) is 8.55. The maximum atomic E-state index is 13.0. The number of carbonyl (C=O) groups is 1. The van der Waals surface area contributed by atoms with Gasteiger partial charge in [0.1, 0.15) is 5.82 Å². The number of hydrogen-bond donors (Lipinski definition) is 2. The van der Waals surface area contributed by atoms with Gasteiger partial charge in [-0.15, -0.1) is 11.8 Å². The normalized spacial score (nSPS) is 10.6. The lowest BCUT2D eigenvalue weighted by molar-refractivity contribution is -0.144. The number of nitrogens with two attached hydrogens (primary N) is 1. The molecule has 0 aliphatic heterocycles. The van der Waals surface area contributed by atoms with Gasteiger partial charge in [-0.3, -0.25) is 4.79 Å². The third-order valence-corrected chi connectivity index (χ3v) is 4.82. The average molecular weight is 434 g/mol. The summed E-state index contributed by atoms with van der Waals surface area (Å²) >= 11 is 7.37. The summed E-state index contributed by atoms with van der Waals surface area (Å²) in [7, 11) is 0. The van der Waals surface area contributed by atoms with E-state index in [9.17, 15) is 9.18 Å². The van der Waals surface area contributed by atoms with Crippen LogP contribution in [0.2, 0.25) is 5.02 Å². The van der Waals surface area contributed by atoms with Crippen LogP contribution < -0.4 is 11.1 Å². The number of nitrogen functional groups attached to an aromatic ring is 1. The molecule has 0 fully saturated rings. The number of halogens is 2. The number of rotatable bonds is 8. The van der Waals surface area contributed by atoms with E-state index in [0.717, 1.165) is 4.90 Å². The van der Waals surface area contributed by atoms with Gasteiger partial charge in [0, 0.05) is 21.4 Å². The quantitative estimate of drug-likeness (QED) is 0.402. The second-order valence-electron chi connectivity index (χ2n) is 5.78. The van der Waals surface area contributed by atoms with E-state index in [2.05, 4.69) is 20.3 Å². The topological polar surface area (TPSA) is 103 Å². The number of esters is 1. The molecule has 0 spiro atoms. The Balaban J connectivity index is 1.49. The van der Waals surface area contributed by atoms with Gasteiger partial charge in [0.15, 0.2) is 12.4 Å². The van der Waals surface area contributed by atoms with Gasteiger partial charge in [0.05, 0.1) is 6.42 Å². The lowest BCUT2D eigenvalue weighted by Gasteiger charge is -2.08. The Hall–Kier alpha value is -2.91. The van der Waals surface area contributed by atoms with Crippen LogP contribution in [0.5, 0.6) is 0 Å². The smallest absolute Gasteiger partial charge is 0.307 e. The van der Waals surface area contributed by atoms with Crippen molar-refractivity contribution < 1.29 is 13.9 Å². The van der Waals surface area contributed by atoms with E-state index < -0.39 is 0 Å². The lowest BCUT2D eigenvalue weighted by Crippen LogP contribution is -2.11. The number of nitrogens with one attached hydrogen (secondary N) is 1. The third kappa shape index (κ3) is 6.88. The standard InChI is InChI=1S/C19H17ClFN5O2S/c20-12-1-7-15(8-2-12)29-10-9-17(27)28-11-16-24-18(22)26-19(25-16)23-14-5-3-13(21)4-6-14/h1-8H,9-11H2,(H3,22,23,24,25,26). The minimum absolute atomic E-state index is 0.0195. The van der Waals surface area contributed by atoms with Crippen LogP contribution >= 0.6 is 23.4 Å². The molecule has 150 valence electrons. The van der Waals surface area contributed by atoms with Gasteiger partial charge in [-0.1, -0.05) is 11.6 Å². The predicted octanol–water partition coefficient (Wildman–Crippen LogP) is 4.22. The van der Waals surface area contributed by atoms with Crippen molar-refractivity contribution in [1.82, 2.24) is 15.0 Å². The van der Waals surface area contributed by atoms with Crippen LogP contribution in [-0.4, -0.2) is 26.7 Å². The van der Waals surface area contributed by atoms with E-state index >= 15 is 0 Å². The fourth-order valence-electron chi connectivity index (χ4n) is 2.22. The first-order valence-corrected chi connectivity index (χ1v) is 9.91. The predicted molar refractivity (Wildman–Crippen MR) is 111 cm³/mol. The highest BCUT2D eigenvalue weighted by Gasteiger charge is 2.09. The van der Waals surface area contributed by atoms with Crippen molar-refractivity contribution in [3.8, 4) is 0 Å². The molecule has 2 aromatic carbocycles. The van der Waals surface area contributed by atoms with Crippen LogP contribution in [0, 0.1) is 5.82 Å². The molecule has 3 aromatic rings. The number of ether oxygens (including phenoxy) is 1. The summed E-state index contributed by atoms with van der Waals surface area (Å²) in [6.07, 6.45) is 0.231. The van der Waals surface area contributed by atoms with Crippen molar-refractivity contribution in [3.63, 3.8) is 0 Å². The van der Waals surface area contributed by atoms with E-state index in [1.165, 1.54) is 36.0 Å². The summed E-state index contributed by atoms with van der Waals surface area (Å²) < 4.78 is 18.2. The summed E-state index contributed by atoms with van der Waals surface area (Å²) in [6, 6.07) is 13.1. The van der Waals surface area contributed by atoms with Crippen molar-refractivity contribution in [2.45, 2.75) is 17.9 Å². The molecule has 0 aliphatic carbocycles. The molecule has 0 bridgehead atoms. The molecular weight excluding hydrogens is 417 g/mol. The van der Waals surface area contributed by atoms with Gasteiger partial charge in [-0.25, -0.2) is 4.39 Å². The van der Waals surface area contributed by atoms with E-state index in [1.54, 1.807) is 12.1 Å². The molecule has 0 amide bonds. The summed E-state index contributed by atoms with van der Waals surface area (Å²) in [5.41, 5.74) is 6.27. The molecular formula is C19H17ClFN5O2S. The highest BCUT2D eigenvalue weighted by Crippen LogP contribution is 2.21. The summed E-state index contributed by atoms with van der Waals surface area (Å²) in [4.78, 5) is 25.0. The van der Waals surface area contributed by atoms with Crippen LogP contribution in [0.25, 0.3) is 0 Å². The monoisotopic (exact) mass is 433 g/mol. The zero-order valence-electron chi connectivity index (χ0n) is 15.1. The zero-order valence-corrected chi connectivity index (χ0v) is 16.7. The third-order valence-electron chi connectivity index (χ3n) is 3.55. The fraction of sp³-hybridized carbons (Fsp3) is 0.158. The molecule has 0 radical (unpaired) electrons. The highest BCUT2D eigenvalue weighted by atomic mass is 35.5. The molecule has 0 aliphatic rings. The largest absolute Gasteiger partial charge is 0.457 e. The van der Waals surface area contributed by atoms with Gasteiger partial charge < -0.3 is 15.8 Å². The van der Waals surface area contributed by atoms with Crippen molar-refractivity contribution in [3.05, 3.63) is 65.2 Å². The molecule has 1 heterocycles. The lowest BCUT2D eigenvalue weighted by atomic mass is 10.3. The molecule has 7 nitrogen and oxygen atoms in total. The first kappa shape index (κ1) is 20.8. The number of nitrogens with zero attached hydrogens (tertiary/aromatic N) is 3. The van der Waals surface area contributed by atoms with Crippen molar-refractivity contribution in [2.75, 3.05) is 16.8 Å². The summed E-state index contributed by atoms with van der Waals surface area (Å²) in [5.74, 6) is 0.200. The highest BCUT2D eigenvalue weighted by molar-refractivity contribution is 7.99. The Kier molecular flexibility index (Phi) is 7.20. The average Bonchev–Trinajstić information content (AvgIpc) is 2.69. The molecule has 10 heteroatoms. The van der Waals surface area contributed by atoms with Crippen molar-refractivity contribution >= 4 is 46.9 Å². The van der Waals surface area contributed by atoms with Crippen molar-refractivity contribution in [1.29, 1.82) is 0 Å². The van der Waals surface area contributed by atoms with Gasteiger partial charge in [0.25, 0.3) is 0 Å². The molecule has 0 saturated carbocycles. The minimum atomic E-state index is -0.376. The molecule has 0 unspecified atom stereocenters. The van der Waals surface area contributed by atoms with Crippen LogP contribution in [-0.2, 0) is 16.1 Å². The number of benzene rings is 2. The Morgan fingerprint density at radius 1 is 1.10 bits per heavy atom. The zero-order chi connectivity index (χ0) is 20.6. The summed E-state index contributed by atoms with van der Waals surface area (Å²) in [6.45, 7) is -0.130. The first-order chi connectivity index (χ1) is 14.0. The summed E-state index contributed by atoms with van der Waals surface area (Å²) in [5, 5.41) is 3.56. The second kappa shape index (κ2) is 10.0. The molecule has 0 saturated heterocycles. The van der Waals surface area contributed by atoms with Crippen LogP contribution in [0.15, 0.2) is 53.4 Å². The molecule has 29 heavy (non-hydrogen) atoms. The van der Waals surface area contributed by atoms with E-state index in [1.807, 2.05) is 12.1 Å². The number of carbonyl (C=O) groups excluding carboxylic acids is 1. The number of thioether (sulfide) groups is 1.